The van der Waals surface area contributed by atoms with Gasteiger partial charge in [0.1, 0.15) is 12.2 Å². The molecule has 0 radical (unpaired) electrons. The minimum Gasteiger partial charge on any atom is -0.311 e. The van der Waals surface area contributed by atoms with Crippen LogP contribution in [0.5, 0.6) is 0 Å². The molecule has 0 bridgehead atoms. The Bertz CT molecular complexity index is 491. The van der Waals surface area contributed by atoms with Crippen LogP contribution in [0.25, 0.3) is 0 Å². The maximum atomic E-state index is 4.40. The standard InChI is InChI=1S/C12H17N5/c1-9-4-5-14-11(6-9)10(13-2)7-12-15-8-16-17(12)3/h4-6,8,10,13H,7H2,1-3H3. The molecule has 0 fully saturated rings. The highest BCUT2D eigenvalue weighted by Crippen LogP contribution is 2.15. The highest BCUT2D eigenvalue weighted by molar-refractivity contribution is 5.18. The molecule has 0 saturated carbocycles. The fraction of sp³-hybridized carbons (Fsp3) is 0.417. The molecule has 0 amide bonds. The van der Waals surface area contributed by atoms with Gasteiger partial charge in [-0.05, 0) is 31.7 Å². The van der Waals surface area contributed by atoms with Crippen molar-refractivity contribution in [2.24, 2.45) is 7.05 Å². The molecule has 0 aliphatic heterocycles. The van der Waals surface area contributed by atoms with E-state index in [-0.39, 0.29) is 6.04 Å². The van der Waals surface area contributed by atoms with Crippen LogP contribution in [0.2, 0.25) is 0 Å². The van der Waals surface area contributed by atoms with E-state index in [0.717, 1.165) is 17.9 Å². The van der Waals surface area contributed by atoms with Gasteiger partial charge < -0.3 is 5.32 Å². The molecule has 0 aliphatic rings. The van der Waals surface area contributed by atoms with Gasteiger partial charge in [-0.25, -0.2) is 4.98 Å². The van der Waals surface area contributed by atoms with Crippen molar-refractivity contribution in [2.45, 2.75) is 19.4 Å². The van der Waals surface area contributed by atoms with Gasteiger partial charge in [0.25, 0.3) is 0 Å². The summed E-state index contributed by atoms with van der Waals surface area (Å²) in [5.74, 6) is 0.952. The van der Waals surface area contributed by atoms with E-state index in [0.29, 0.717) is 0 Å². The minimum atomic E-state index is 0.165. The van der Waals surface area contributed by atoms with E-state index >= 15 is 0 Å². The lowest BCUT2D eigenvalue weighted by molar-refractivity contribution is 0.541. The maximum absolute atomic E-state index is 4.40. The van der Waals surface area contributed by atoms with Crippen LogP contribution in [0.4, 0.5) is 0 Å². The molecule has 2 rings (SSSR count). The van der Waals surface area contributed by atoms with Crippen LogP contribution < -0.4 is 5.32 Å². The van der Waals surface area contributed by atoms with Crippen LogP contribution >= 0.6 is 0 Å². The van der Waals surface area contributed by atoms with Crippen molar-refractivity contribution in [3.8, 4) is 0 Å². The zero-order chi connectivity index (χ0) is 12.3. The van der Waals surface area contributed by atoms with Gasteiger partial charge in [0, 0.05) is 19.7 Å². The first kappa shape index (κ1) is 11.7. The lowest BCUT2D eigenvalue weighted by atomic mass is 10.1. The Kier molecular flexibility index (Phi) is 3.49. The topological polar surface area (TPSA) is 55.6 Å². The van der Waals surface area contributed by atoms with Crippen molar-refractivity contribution in [1.82, 2.24) is 25.1 Å². The first-order valence-corrected chi connectivity index (χ1v) is 5.63. The first-order valence-electron chi connectivity index (χ1n) is 5.63. The molecule has 0 aliphatic carbocycles. The zero-order valence-corrected chi connectivity index (χ0v) is 10.4. The second-order valence-electron chi connectivity index (χ2n) is 4.10. The average molecular weight is 231 g/mol. The number of aryl methyl sites for hydroxylation is 2. The SMILES string of the molecule is CNC(Cc1ncnn1C)c1cc(C)ccn1. The van der Waals surface area contributed by atoms with Crippen molar-refractivity contribution in [3.05, 3.63) is 41.7 Å². The Balaban J connectivity index is 2.20. The molecule has 2 heterocycles. The van der Waals surface area contributed by atoms with Crippen LogP contribution in [0, 0.1) is 6.92 Å². The molecule has 5 nitrogen and oxygen atoms in total. The monoisotopic (exact) mass is 231 g/mol. The number of nitrogens with zero attached hydrogens (tertiary/aromatic N) is 4. The molecule has 0 aromatic carbocycles. The molecule has 1 atom stereocenters. The molecule has 5 heteroatoms. The Morgan fingerprint density at radius 3 is 2.82 bits per heavy atom. The summed E-state index contributed by atoms with van der Waals surface area (Å²) in [6, 6.07) is 4.26. The van der Waals surface area contributed by atoms with Crippen molar-refractivity contribution in [1.29, 1.82) is 0 Å². The quantitative estimate of drug-likeness (QED) is 0.853. The number of pyridine rings is 1. The third kappa shape index (κ3) is 2.68. The van der Waals surface area contributed by atoms with Crippen LogP contribution in [-0.2, 0) is 13.5 Å². The van der Waals surface area contributed by atoms with Crippen LogP contribution in [0.15, 0.2) is 24.7 Å². The maximum Gasteiger partial charge on any atom is 0.138 e. The molecule has 1 N–H and O–H groups in total. The Labute approximate surface area is 101 Å². The molecule has 90 valence electrons. The summed E-state index contributed by atoms with van der Waals surface area (Å²) in [7, 11) is 3.84. The molecular formula is C12H17N5. The molecule has 2 aromatic heterocycles. The second kappa shape index (κ2) is 5.05. The fourth-order valence-electron chi connectivity index (χ4n) is 1.79. The number of likely N-dealkylation sites (N-methyl/N-ethyl adjacent to an activating group) is 1. The lowest BCUT2D eigenvalue weighted by Gasteiger charge is -2.15. The largest absolute Gasteiger partial charge is 0.311 e. The summed E-state index contributed by atoms with van der Waals surface area (Å²) in [5.41, 5.74) is 2.25. The van der Waals surface area contributed by atoms with E-state index in [1.54, 1.807) is 11.0 Å². The normalized spacial score (nSPS) is 12.6. The number of hydrogen-bond acceptors (Lipinski definition) is 4. The minimum absolute atomic E-state index is 0.165. The third-order valence-electron chi connectivity index (χ3n) is 2.83. The Hall–Kier alpha value is -1.75. The molecular weight excluding hydrogens is 214 g/mol. The summed E-state index contributed by atoms with van der Waals surface area (Å²) in [4.78, 5) is 8.64. The summed E-state index contributed by atoms with van der Waals surface area (Å²) in [5, 5.41) is 7.34. The third-order valence-corrected chi connectivity index (χ3v) is 2.83. The van der Waals surface area contributed by atoms with Crippen molar-refractivity contribution >= 4 is 0 Å². The fourth-order valence-corrected chi connectivity index (χ4v) is 1.79. The molecule has 1 unspecified atom stereocenters. The second-order valence-corrected chi connectivity index (χ2v) is 4.10. The highest BCUT2D eigenvalue weighted by atomic mass is 15.3. The van der Waals surface area contributed by atoms with Crippen molar-refractivity contribution < 1.29 is 0 Å². The van der Waals surface area contributed by atoms with Crippen LogP contribution in [0.1, 0.15) is 23.1 Å². The number of aromatic nitrogens is 4. The number of rotatable bonds is 4. The highest BCUT2D eigenvalue weighted by Gasteiger charge is 2.14. The number of nitrogens with one attached hydrogen (secondary N) is 1. The Morgan fingerprint density at radius 2 is 2.24 bits per heavy atom. The Morgan fingerprint density at radius 1 is 1.41 bits per heavy atom. The summed E-state index contributed by atoms with van der Waals surface area (Å²) < 4.78 is 1.79. The van der Waals surface area contributed by atoms with E-state index in [1.165, 1.54) is 5.56 Å². The summed E-state index contributed by atoms with van der Waals surface area (Å²) in [6.07, 6.45) is 4.20. The van der Waals surface area contributed by atoms with E-state index in [2.05, 4.69) is 33.4 Å². The van der Waals surface area contributed by atoms with Crippen molar-refractivity contribution in [3.63, 3.8) is 0 Å². The van der Waals surface area contributed by atoms with Gasteiger partial charge in [-0.1, -0.05) is 0 Å². The molecule has 0 saturated heterocycles. The van der Waals surface area contributed by atoms with Gasteiger partial charge in [0.05, 0.1) is 11.7 Å². The smallest absolute Gasteiger partial charge is 0.138 e. The predicted octanol–water partition coefficient (Wildman–Crippen LogP) is 1.02. The summed E-state index contributed by atoms with van der Waals surface area (Å²) >= 11 is 0. The number of hydrogen-bond donors (Lipinski definition) is 1. The van der Waals surface area contributed by atoms with Crippen LogP contribution in [-0.4, -0.2) is 26.8 Å². The van der Waals surface area contributed by atoms with Gasteiger partial charge in [-0.2, -0.15) is 5.10 Å². The summed E-state index contributed by atoms with van der Waals surface area (Å²) in [6.45, 7) is 2.07. The van der Waals surface area contributed by atoms with Gasteiger partial charge >= 0.3 is 0 Å². The van der Waals surface area contributed by atoms with Gasteiger partial charge in [0.15, 0.2) is 0 Å². The van der Waals surface area contributed by atoms with Gasteiger partial charge in [-0.15, -0.1) is 0 Å². The van der Waals surface area contributed by atoms with Crippen LogP contribution in [0.3, 0.4) is 0 Å². The average Bonchev–Trinajstić information content (AvgIpc) is 2.71. The van der Waals surface area contributed by atoms with E-state index in [4.69, 9.17) is 0 Å². The van der Waals surface area contributed by atoms with Crippen molar-refractivity contribution in [2.75, 3.05) is 7.05 Å². The van der Waals surface area contributed by atoms with Gasteiger partial charge in [0.2, 0.25) is 0 Å². The van der Waals surface area contributed by atoms with Gasteiger partial charge in [-0.3, -0.25) is 9.67 Å². The molecule has 0 spiro atoms. The molecule has 17 heavy (non-hydrogen) atoms. The van der Waals surface area contributed by atoms with E-state index < -0.39 is 0 Å². The first-order chi connectivity index (χ1) is 8.20. The zero-order valence-electron chi connectivity index (χ0n) is 10.4. The van der Waals surface area contributed by atoms with E-state index in [9.17, 15) is 0 Å². The molecule has 2 aromatic rings. The van der Waals surface area contributed by atoms with E-state index in [1.807, 2.05) is 26.4 Å². The predicted molar refractivity (Wildman–Crippen MR) is 65.5 cm³/mol. The lowest BCUT2D eigenvalue weighted by Crippen LogP contribution is -2.21.